The van der Waals surface area contributed by atoms with Crippen molar-refractivity contribution in [3.63, 3.8) is 0 Å². The van der Waals surface area contributed by atoms with E-state index in [9.17, 15) is 9.59 Å². The van der Waals surface area contributed by atoms with Crippen LogP contribution in [0.15, 0.2) is 30.3 Å². The number of hydrogen-bond acceptors (Lipinski definition) is 4. The largest absolute Gasteiger partial charge is 0.334 e. The van der Waals surface area contributed by atoms with E-state index < -0.39 is 0 Å². The van der Waals surface area contributed by atoms with Crippen molar-refractivity contribution in [2.75, 3.05) is 18.5 Å². The van der Waals surface area contributed by atoms with Crippen LogP contribution in [-0.4, -0.2) is 40.3 Å². The Balaban J connectivity index is 1.84. The molecule has 3 rings (SSSR count). The van der Waals surface area contributed by atoms with Gasteiger partial charge in [-0.25, -0.2) is 9.97 Å². The molecule has 1 aromatic heterocycles. The van der Waals surface area contributed by atoms with Gasteiger partial charge in [-0.2, -0.15) is 0 Å². The van der Waals surface area contributed by atoms with Gasteiger partial charge in [0.1, 0.15) is 11.6 Å². The Bertz CT molecular complexity index is 864. The van der Waals surface area contributed by atoms with Gasteiger partial charge in [0.15, 0.2) is 0 Å². The fourth-order valence-electron chi connectivity index (χ4n) is 3.41. The number of fused-ring (bicyclic) bond motifs is 1. The minimum Gasteiger partial charge on any atom is -0.334 e. The highest BCUT2D eigenvalue weighted by Gasteiger charge is 2.28. The average molecular weight is 380 g/mol. The number of nitrogens with zero attached hydrogens (tertiary/aromatic N) is 4. The van der Waals surface area contributed by atoms with Gasteiger partial charge < -0.3 is 4.90 Å². The summed E-state index contributed by atoms with van der Waals surface area (Å²) in [5, 5.41) is 0. The number of carbonyl (C=O) groups excluding carboxylic acids is 2. The molecule has 0 spiro atoms. The van der Waals surface area contributed by atoms with Crippen LogP contribution < -0.4 is 4.90 Å². The van der Waals surface area contributed by atoms with Crippen LogP contribution in [0.1, 0.15) is 54.1 Å². The third kappa shape index (κ3) is 4.38. The first-order chi connectivity index (χ1) is 13.4. The van der Waals surface area contributed by atoms with Gasteiger partial charge >= 0.3 is 0 Å². The molecule has 0 unspecified atom stereocenters. The lowest BCUT2D eigenvalue weighted by atomic mass is 10.0. The molecule has 0 N–H and O–H groups in total. The van der Waals surface area contributed by atoms with Crippen molar-refractivity contribution in [1.29, 1.82) is 0 Å². The zero-order valence-corrected chi connectivity index (χ0v) is 17.1. The summed E-state index contributed by atoms with van der Waals surface area (Å²) < 4.78 is 0. The molecule has 2 aromatic rings. The Morgan fingerprint density at radius 1 is 1.18 bits per heavy atom. The molecule has 0 saturated carbocycles. The van der Waals surface area contributed by atoms with Crippen molar-refractivity contribution in [2.45, 2.75) is 46.6 Å². The lowest BCUT2D eigenvalue weighted by molar-refractivity contribution is -0.119. The summed E-state index contributed by atoms with van der Waals surface area (Å²) in [7, 11) is 1.75. The summed E-state index contributed by atoms with van der Waals surface area (Å²) in [5.41, 5.74) is 2.57. The smallest absolute Gasteiger partial charge is 0.254 e. The van der Waals surface area contributed by atoms with E-state index in [4.69, 9.17) is 4.98 Å². The van der Waals surface area contributed by atoms with Gasteiger partial charge in [-0.1, -0.05) is 32.0 Å². The molecule has 1 aliphatic rings. The van der Waals surface area contributed by atoms with Gasteiger partial charge in [0.25, 0.3) is 5.91 Å². The van der Waals surface area contributed by atoms with Crippen LogP contribution in [0, 0.1) is 12.8 Å². The van der Waals surface area contributed by atoms with E-state index in [1.165, 1.54) is 0 Å². The highest BCUT2D eigenvalue weighted by atomic mass is 16.2. The molecule has 1 aromatic carbocycles. The number of aryl methyl sites for hydroxylation is 1. The van der Waals surface area contributed by atoms with Crippen LogP contribution in [0.3, 0.4) is 0 Å². The van der Waals surface area contributed by atoms with Gasteiger partial charge in [0.2, 0.25) is 5.91 Å². The zero-order valence-electron chi connectivity index (χ0n) is 17.1. The maximum atomic E-state index is 12.6. The molecule has 2 heterocycles. The summed E-state index contributed by atoms with van der Waals surface area (Å²) in [6, 6.07) is 9.17. The summed E-state index contributed by atoms with van der Waals surface area (Å²) >= 11 is 0. The fourth-order valence-corrected chi connectivity index (χ4v) is 3.41. The first-order valence-electron chi connectivity index (χ1n) is 9.84. The number of anilines is 1. The minimum atomic E-state index is -0.0766. The number of amides is 2. The number of benzene rings is 1. The second kappa shape index (κ2) is 8.50. The molecule has 0 saturated heterocycles. The summed E-state index contributed by atoms with van der Waals surface area (Å²) in [6.07, 6.45) is 2.11. The first-order valence-corrected chi connectivity index (χ1v) is 9.84. The van der Waals surface area contributed by atoms with E-state index in [1.54, 1.807) is 29.0 Å². The molecule has 1 aliphatic heterocycles. The van der Waals surface area contributed by atoms with Crippen LogP contribution in [0.4, 0.5) is 5.82 Å². The first kappa shape index (κ1) is 20.0. The molecule has 0 aliphatic carbocycles. The molecule has 2 amide bonds. The van der Waals surface area contributed by atoms with Gasteiger partial charge in [0.05, 0.1) is 6.54 Å². The van der Waals surface area contributed by atoms with Crippen molar-refractivity contribution in [3.05, 3.63) is 53.0 Å². The molecule has 28 heavy (non-hydrogen) atoms. The quantitative estimate of drug-likeness (QED) is 0.770. The van der Waals surface area contributed by atoms with Crippen LogP contribution >= 0.6 is 0 Å². The third-order valence-corrected chi connectivity index (χ3v) is 5.06. The zero-order chi connectivity index (χ0) is 20.3. The SMILES string of the molecule is Cc1nc(CN(C)C(=O)c2ccccc2)nc2c1CCC(=O)N2CCC(C)C. The summed E-state index contributed by atoms with van der Waals surface area (Å²) in [5.74, 6) is 1.83. The number of carbonyl (C=O) groups is 2. The fraction of sp³-hybridized carbons (Fsp3) is 0.455. The van der Waals surface area contributed by atoms with Crippen LogP contribution in [-0.2, 0) is 17.8 Å². The van der Waals surface area contributed by atoms with E-state index in [1.807, 2.05) is 25.1 Å². The topological polar surface area (TPSA) is 66.4 Å². The Labute approximate surface area is 166 Å². The van der Waals surface area contributed by atoms with E-state index in [-0.39, 0.29) is 11.8 Å². The predicted molar refractivity (Wildman–Crippen MR) is 109 cm³/mol. The van der Waals surface area contributed by atoms with E-state index in [0.717, 1.165) is 23.5 Å². The standard InChI is InChI=1S/C22H28N4O2/c1-15(2)12-13-26-20(27)11-10-18-16(3)23-19(24-21(18)26)14-25(4)22(28)17-8-6-5-7-9-17/h5-9,15H,10-14H2,1-4H3. The van der Waals surface area contributed by atoms with Crippen molar-refractivity contribution < 1.29 is 9.59 Å². The molecule has 6 nitrogen and oxygen atoms in total. The Kier molecular flexibility index (Phi) is 6.07. The van der Waals surface area contributed by atoms with Crippen molar-refractivity contribution in [2.24, 2.45) is 5.92 Å². The lowest BCUT2D eigenvalue weighted by Gasteiger charge is -2.30. The van der Waals surface area contributed by atoms with Gasteiger partial charge in [0, 0.05) is 36.8 Å². The molecule has 148 valence electrons. The Morgan fingerprint density at radius 3 is 2.57 bits per heavy atom. The van der Waals surface area contributed by atoms with Crippen LogP contribution in [0.2, 0.25) is 0 Å². The number of rotatable bonds is 6. The van der Waals surface area contributed by atoms with Crippen LogP contribution in [0.25, 0.3) is 0 Å². The molecule has 0 atom stereocenters. The van der Waals surface area contributed by atoms with Gasteiger partial charge in [-0.15, -0.1) is 0 Å². The Hall–Kier alpha value is -2.76. The predicted octanol–water partition coefficient (Wildman–Crippen LogP) is 3.38. The lowest BCUT2D eigenvalue weighted by Crippen LogP contribution is -2.38. The van der Waals surface area contributed by atoms with Crippen LogP contribution in [0.5, 0.6) is 0 Å². The molecule has 0 bridgehead atoms. The second-order valence-electron chi connectivity index (χ2n) is 7.78. The Morgan fingerprint density at radius 2 is 1.89 bits per heavy atom. The van der Waals surface area contributed by atoms with E-state index in [0.29, 0.717) is 43.2 Å². The normalized spacial score (nSPS) is 13.6. The highest BCUT2D eigenvalue weighted by molar-refractivity contribution is 5.95. The van der Waals surface area contributed by atoms with Gasteiger partial charge in [-0.3, -0.25) is 14.5 Å². The van der Waals surface area contributed by atoms with E-state index >= 15 is 0 Å². The van der Waals surface area contributed by atoms with Crippen molar-refractivity contribution >= 4 is 17.6 Å². The molecule has 0 radical (unpaired) electrons. The molecular weight excluding hydrogens is 352 g/mol. The third-order valence-electron chi connectivity index (χ3n) is 5.06. The van der Waals surface area contributed by atoms with Crippen molar-refractivity contribution in [3.8, 4) is 0 Å². The summed E-state index contributed by atoms with van der Waals surface area (Å²) in [6.45, 7) is 7.22. The maximum absolute atomic E-state index is 12.6. The molecular formula is C22H28N4O2. The highest BCUT2D eigenvalue weighted by Crippen LogP contribution is 2.28. The molecule has 0 fully saturated rings. The second-order valence-corrected chi connectivity index (χ2v) is 7.78. The minimum absolute atomic E-state index is 0.0766. The van der Waals surface area contributed by atoms with E-state index in [2.05, 4.69) is 18.8 Å². The molecule has 6 heteroatoms. The van der Waals surface area contributed by atoms with Crippen molar-refractivity contribution in [1.82, 2.24) is 14.9 Å². The van der Waals surface area contributed by atoms with Gasteiger partial charge in [-0.05, 0) is 37.8 Å². The maximum Gasteiger partial charge on any atom is 0.254 e. The number of hydrogen-bond donors (Lipinski definition) is 0. The number of aromatic nitrogens is 2. The monoisotopic (exact) mass is 380 g/mol. The summed E-state index contributed by atoms with van der Waals surface area (Å²) in [4.78, 5) is 37.9. The average Bonchev–Trinajstić information content (AvgIpc) is 2.67.